The maximum absolute atomic E-state index is 5.68. The molecule has 22 heavy (non-hydrogen) atoms. The molecule has 0 fully saturated rings. The maximum Gasteiger partial charge on any atom is 0.122 e. The molecule has 4 heteroatoms. The Hall–Kier alpha value is -2.20. The molecular formula is C18H16BrNO2. The Kier molecular flexibility index (Phi) is 4.81. The van der Waals surface area contributed by atoms with Crippen LogP contribution in [0, 0.1) is 0 Å². The molecule has 0 unspecified atom stereocenters. The second-order valence-corrected chi connectivity index (χ2v) is 5.65. The minimum atomic E-state index is 0.509. The molecule has 3 nitrogen and oxygen atoms in total. The van der Waals surface area contributed by atoms with Crippen molar-refractivity contribution >= 4 is 15.9 Å². The monoisotopic (exact) mass is 357 g/mol. The summed E-state index contributed by atoms with van der Waals surface area (Å²) in [5.41, 5.74) is 1.11. The zero-order valence-corrected chi connectivity index (χ0v) is 13.6. The fourth-order valence-electron chi connectivity index (χ4n) is 2.10. The van der Waals surface area contributed by atoms with Gasteiger partial charge in [0, 0.05) is 22.6 Å². The van der Waals surface area contributed by atoms with E-state index in [1.165, 1.54) is 0 Å². The molecule has 0 radical (unpaired) electrons. The van der Waals surface area contributed by atoms with Gasteiger partial charge in [0.2, 0.25) is 0 Å². The van der Waals surface area contributed by atoms with Crippen LogP contribution in [-0.2, 0) is 0 Å². The Labute approximate surface area is 138 Å². The van der Waals surface area contributed by atoms with Crippen LogP contribution < -0.4 is 9.47 Å². The first kappa shape index (κ1) is 14.7. The topological polar surface area (TPSA) is 23.4 Å². The van der Waals surface area contributed by atoms with Gasteiger partial charge < -0.3 is 14.0 Å². The Balaban J connectivity index is 1.48. The van der Waals surface area contributed by atoms with Gasteiger partial charge in [0.05, 0.1) is 0 Å². The number of nitrogens with zero attached hydrogens (tertiary/aromatic N) is 1. The summed E-state index contributed by atoms with van der Waals surface area (Å²) in [5.74, 6) is 1.68. The second-order valence-electron chi connectivity index (χ2n) is 4.74. The van der Waals surface area contributed by atoms with Gasteiger partial charge in [-0.05, 0) is 54.6 Å². The van der Waals surface area contributed by atoms with Gasteiger partial charge in [-0.1, -0.05) is 22.0 Å². The minimum absolute atomic E-state index is 0.509. The van der Waals surface area contributed by atoms with Crippen LogP contribution in [0.2, 0.25) is 0 Å². The Morgan fingerprint density at radius 1 is 0.773 bits per heavy atom. The first-order chi connectivity index (χ1) is 10.8. The summed E-state index contributed by atoms with van der Waals surface area (Å²) >= 11 is 3.42. The van der Waals surface area contributed by atoms with Crippen LogP contribution >= 0.6 is 15.9 Å². The molecule has 0 atom stereocenters. The van der Waals surface area contributed by atoms with E-state index in [0.717, 1.165) is 21.7 Å². The highest BCUT2D eigenvalue weighted by molar-refractivity contribution is 9.10. The Morgan fingerprint density at radius 3 is 2.14 bits per heavy atom. The lowest BCUT2D eigenvalue weighted by molar-refractivity contribution is 0.217. The van der Waals surface area contributed by atoms with Crippen LogP contribution in [0.4, 0.5) is 0 Å². The molecular weight excluding hydrogens is 342 g/mol. The average molecular weight is 358 g/mol. The lowest BCUT2D eigenvalue weighted by Crippen LogP contribution is -2.08. The molecule has 1 heterocycles. The van der Waals surface area contributed by atoms with Crippen LogP contribution in [0.3, 0.4) is 0 Å². The molecule has 0 saturated heterocycles. The van der Waals surface area contributed by atoms with Gasteiger partial charge in [0.15, 0.2) is 0 Å². The normalized spacial score (nSPS) is 10.4. The first-order valence-electron chi connectivity index (χ1n) is 7.06. The van der Waals surface area contributed by atoms with E-state index in [2.05, 4.69) is 20.5 Å². The number of benzene rings is 2. The van der Waals surface area contributed by atoms with Gasteiger partial charge in [-0.3, -0.25) is 0 Å². The van der Waals surface area contributed by atoms with Crippen LogP contribution in [0.25, 0.3) is 5.69 Å². The van der Waals surface area contributed by atoms with Gasteiger partial charge in [0.1, 0.15) is 24.7 Å². The van der Waals surface area contributed by atoms with E-state index in [0.29, 0.717) is 13.2 Å². The molecule has 0 aliphatic rings. The van der Waals surface area contributed by atoms with Gasteiger partial charge in [0.25, 0.3) is 0 Å². The van der Waals surface area contributed by atoms with Gasteiger partial charge in [-0.2, -0.15) is 0 Å². The van der Waals surface area contributed by atoms with Crippen molar-refractivity contribution in [1.29, 1.82) is 0 Å². The van der Waals surface area contributed by atoms with Crippen LogP contribution in [0.1, 0.15) is 0 Å². The van der Waals surface area contributed by atoms with Crippen molar-refractivity contribution in [2.75, 3.05) is 13.2 Å². The summed E-state index contributed by atoms with van der Waals surface area (Å²) < 4.78 is 14.4. The maximum atomic E-state index is 5.68. The highest BCUT2D eigenvalue weighted by atomic mass is 79.9. The molecule has 0 aliphatic heterocycles. The molecule has 0 bridgehead atoms. The minimum Gasteiger partial charge on any atom is -0.490 e. The van der Waals surface area contributed by atoms with E-state index in [-0.39, 0.29) is 0 Å². The highest BCUT2D eigenvalue weighted by Gasteiger charge is 1.98. The number of aromatic nitrogens is 1. The third-order valence-corrected chi connectivity index (χ3v) is 3.65. The lowest BCUT2D eigenvalue weighted by atomic mass is 10.3. The molecule has 112 valence electrons. The highest BCUT2D eigenvalue weighted by Crippen LogP contribution is 2.18. The van der Waals surface area contributed by atoms with Crippen LogP contribution in [-0.4, -0.2) is 17.8 Å². The van der Waals surface area contributed by atoms with Gasteiger partial charge in [-0.25, -0.2) is 0 Å². The Morgan fingerprint density at radius 2 is 1.45 bits per heavy atom. The van der Waals surface area contributed by atoms with E-state index >= 15 is 0 Å². The summed E-state index contributed by atoms with van der Waals surface area (Å²) in [5, 5.41) is 0. The van der Waals surface area contributed by atoms with E-state index in [9.17, 15) is 0 Å². The largest absolute Gasteiger partial charge is 0.490 e. The van der Waals surface area contributed by atoms with Crippen molar-refractivity contribution < 1.29 is 9.47 Å². The molecule has 0 aliphatic carbocycles. The summed E-state index contributed by atoms with van der Waals surface area (Å²) in [7, 11) is 0. The van der Waals surface area contributed by atoms with Crippen LogP contribution in [0.5, 0.6) is 11.5 Å². The van der Waals surface area contributed by atoms with Gasteiger partial charge >= 0.3 is 0 Å². The molecule has 0 amide bonds. The lowest BCUT2D eigenvalue weighted by Gasteiger charge is -2.09. The molecule has 3 rings (SSSR count). The van der Waals surface area contributed by atoms with Crippen molar-refractivity contribution in [1.82, 2.24) is 4.57 Å². The summed E-state index contributed by atoms with van der Waals surface area (Å²) in [6, 6.07) is 19.8. The predicted molar refractivity (Wildman–Crippen MR) is 90.9 cm³/mol. The van der Waals surface area contributed by atoms with Crippen molar-refractivity contribution in [2.24, 2.45) is 0 Å². The zero-order valence-electron chi connectivity index (χ0n) is 12.0. The van der Waals surface area contributed by atoms with Crippen molar-refractivity contribution in [3.63, 3.8) is 0 Å². The number of halogens is 1. The molecule has 0 spiro atoms. The van der Waals surface area contributed by atoms with E-state index in [4.69, 9.17) is 9.47 Å². The van der Waals surface area contributed by atoms with E-state index in [1.54, 1.807) is 0 Å². The number of rotatable bonds is 6. The zero-order chi connectivity index (χ0) is 15.2. The third kappa shape index (κ3) is 3.92. The summed E-state index contributed by atoms with van der Waals surface area (Å²) in [4.78, 5) is 0. The quantitative estimate of drug-likeness (QED) is 0.597. The van der Waals surface area contributed by atoms with Gasteiger partial charge in [-0.15, -0.1) is 0 Å². The third-order valence-electron chi connectivity index (χ3n) is 3.16. The second kappa shape index (κ2) is 7.18. The van der Waals surface area contributed by atoms with Crippen molar-refractivity contribution in [2.45, 2.75) is 0 Å². The number of hydrogen-bond donors (Lipinski definition) is 0. The predicted octanol–water partition coefficient (Wildman–Crippen LogP) is 4.70. The number of ether oxygens (including phenoxy) is 2. The Bertz CT molecular complexity index is 708. The smallest absolute Gasteiger partial charge is 0.122 e. The van der Waals surface area contributed by atoms with Crippen molar-refractivity contribution in [3.05, 3.63) is 77.5 Å². The molecule has 0 saturated carbocycles. The summed E-state index contributed by atoms with van der Waals surface area (Å²) in [6.07, 6.45) is 4.03. The average Bonchev–Trinajstić information content (AvgIpc) is 3.07. The summed E-state index contributed by atoms with van der Waals surface area (Å²) in [6.45, 7) is 1.02. The standard InChI is InChI=1S/C18H16BrNO2/c19-15-4-3-5-18(14-15)22-13-12-21-17-8-6-16(7-9-17)20-10-1-2-11-20/h1-11,14H,12-13H2. The fraction of sp³-hybridized carbons (Fsp3) is 0.111. The van der Waals surface area contributed by atoms with Crippen molar-refractivity contribution in [3.8, 4) is 17.2 Å². The SMILES string of the molecule is Brc1cccc(OCCOc2ccc(-n3cccc3)cc2)c1. The molecule has 3 aromatic rings. The number of hydrogen-bond acceptors (Lipinski definition) is 2. The van der Waals surface area contributed by atoms with E-state index in [1.807, 2.05) is 73.1 Å². The van der Waals surface area contributed by atoms with Crippen LogP contribution in [0.15, 0.2) is 77.5 Å². The molecule has 1 aromatic heterocycles. The molecule has 2 aromatic carbocycles. The van der Waals surface area contributed by atoms with E-state index < -0.39 is 0 Å². The first-order valence-corrected chi connectivity index (χ1v) is 7.85. The molecule has 0 N–H and O–H groups in total. The fourth-order valence-corrected chi connectivity index (χ4v) is 2.48.